The van der Waals surface area contributed by atoms with Crippen molar-refractivity contribution in [2.45, 2.75) is 44.2 Å². The molecular weight excluding hydrogens is 656 g/mol. The Bertz CT molecular complexity index is 1840. The van der Waals surface area contributed by atoms with Gasteiger partial charge in [-0.25, -0.2) is 8.42 Å². The van der Waals surface area contributed by atoms with Crippen LogP contribution in [0.5, 0.6) is 5.75 Å². The number of amides is 2. The molecule has 0 aliphatic heterocycles. The topological polar surface area (TPSA) is 139 Å². The molecule has 0 saturated carbocycles. The second-order valence-corrected chi connectivity index (χ2v) is 13.4. The zero-order chi connectivity index (χ0) is 34.8. The van der Waals surface area contributed by atoms with Gasteiger partial charge in [0.05, 0.1) is 22.6 Å². The summed E-state index contributed by atoms with van der Waals surface area (Å²) >= 11 is 6.13. The molecule has 0 heterocycles. The number of nitrogens with zero attached hydrogens (tertiary/aromatic N) is 3. The van der Waals surface area contributed by atoms with Crippen LogP contribution < -0.4 is 14.4 Å². The lowest BCUT2D eigenvalue weighted by Gasteiger charge is -2.34. The molecule has 0 aromatic heterocycles. The van der Waals surface area contributed by atoms with E-state index in [1.165, 1.54) is 43.2 Å². The van der Waals surface area contributed by atoms with Gasteiger partial charge in [0, 0.05) is 36.2 Å². The molecule has 252 valence electrons. The van der Waals surface area contributed by atoms with Gasteiger partial charge in [0.15, 0.2) is 0 Å². The van der Waals surface area contributed by atoms with Crippen molar-refractivity contribution in [2.75, 3.05) is 24.5 Å². The number of hydrogen-bond acceptors (Lipinski definition) is 7. The number of carbonyl (C=O) groups excluding carboxylic acids is 2. The van der Waals surface area contributed by atoms with Crippen molar-refractivity contribution in [3.05, 3.63) is 129 Å². The molecule has 0 spiro atoms. The van der Waals surface area contributed by atoms with Crippen LogP contribution in [-0.4, -0.2) is 56.3 Å². The van der Waals surface area contributed by atoms with E-state index in [4.69, 9.17) is 16.3 Å². The molecule has 2 amide bonds. The number of anilines is 1. The number of halogens is 1. The van der Waals surface area contributed by atoms with Gasteiger partial charge in [-0.3, -0.25) is 24.0 Å². The van der Waals surface area contributed by atoms with Crippen molar-refractivity contribution in [2.24, 2.45) is 0 Å². The Hall–Kier alpha value is -4.94. The third-order valence-corrected chi connectivity index (χ3v) is 9.71. The standard InChI is InChI=1S/C35H37ClN4O7S/c1-4-20-37-35(42)33(21-26-8-6-5-7-9-26)38(23-27-11-13-28(36)14-12-27)34(41)24-39(29-15-17-30(47-3)18-16-29)48(45,46)31-19-10-25(2)32(22-31)40(43)44/h5-19,22,33H,4,20-21,23-24H2,1-3H3,(H,37,42)/t33-/m0/s1. The second-order valence-electron chi connectivity index (χ2n) is 11.1. The van der Waals surface area contributed by atoms with E-state index >= 15 is 0 Å². The molecule has 0 aliphatic rings. The molecule has 0 saturated heterocycles. The maximum Gasteiger partial charge on any atom is 0.273 e. The average molecular weight is 693 g/mol. The zero-order valence-corrected chi connectivity index (χ0v) is 28.4. The van der Waals surface area contributed by atoms with Crippen LogP contribution in [0, 0.1) is 17.0 Å². The molecule has 1 N–H and O–H groups in total. The number of carbonyl (C=O) groups is 2. The Balaban J connectivity index is 1.83. The third kappa shape index (κ3) is 8.90. The maximum atomic E-state index is 14.5. The Morgan fingerprint density at radius 1 is 0.958 bits per heavy atom. The molecule has 11 nitrogen and oxygen atoms in total. The number of hydrogen-bond donors (Lipinski definition) is 1. The van der Waals surface area contributed by atoms with E-state index in [0.717, 1.165) is 15.9 Å². The highest BCUT2D eigenvalue weighted by Crippen LogP contribution is 2.30. The fourth-order valence-electron chi connectivity index (χ4n) is 5.06. The van der Waals surface area contributed by atoms with Gasteiger partial charge in [-0.15, -0.1) is 0 Å². The first-order chi connectivity index (χ1) is 22.9. The summed E-state index contributed by atoms with van der Waals surface area (Å²) in [6.45, 7) is 3.06. The van der Waals surface area contributed by atoms with Crippen molar-refractivity contribution < 1.29 is 27.7 Å². The minimum absolute atomic E-state index is 0.0282. The van der Waals surface area contributed by atoms with Crippen LogP contribution in [0.4, 0.5) is 11.4 Å². The lowest BCUT2D eigenvalue weighted by molar-refractivity contribution is -0.385. The van der Waals surface area contributed by atoms with Crippen LogP contribution in [0.1, 0.15) is 30.0 Å². The van der Waals surface area contributed by atoms with E-state index in [1.54, 1.807) is 36.4 Å². The summed E-state index contributed by atoms with van der Waals surface area (Å²) < 4.78 is 34.7. The van der Waals surface area contributed by atoms with Crippen molar-refractivity contribution in [3.63, 3.8) is 0 Å². The van der Waals surface area contributed by atoms with E-state index in [2.05, 4.69) is 5.32 Å². The molecule has 4 rings (SSSR count). The molecule has 1 atom stereocenters. The van der Waals surface area contributed by atoms with Gasteiger partial charge in [-0.1, -0.05) is 67.1 Å². The van der Waals surface area contributed by atoms with Gasteiger partial charge in [0.2, 0.25) is 11.8 Å². The predicted molar refractivity (Wildman–Crippen MR) is 185 cm³/mol. The van der Waals surface area contributed by atoms with Crippen molar-refractivity contribution in [3.8, 4) is 5.75 Å². The number of aryl methyl sites for hydroxylation is 1. The van der Waals surface area contributed by atoms with Gasteiger partial charge in [0.25, 0.3) is 15.7 Å². The second kappa shape index (κ2) is 16.2. The molecule has 0 radical (unpaired) electrons. The number of benzene rings is 4. The summed E-state index contributed by atoms with van der Waals surface area (Å²) in [5, 5.41) is 15.1. The van der Waals surface area contributed by atoms with Crippen molar-refractivity contribution in [1.29, 1.82) is 0 Å². The largest absolute Gasteiger partial charge is 0.497 e. The van der Waals surface area contributed by atoms with Gasteiger partial charge in [0.1, 0.15) is 18.3 Å². The van der Waals surface area contributed by atoms with Crippen LogP contribution >= 0.6 is 11.6 Å². The third-order valence-electron chi connectivity index (χ3n) is 7.69. The number of rotatable bonds is 15. The van der Waals surface area contributed by atoms with Gasteiger partial charge in [-0.2, -0.15) is 0 Å². The van der Waals surface area contributed by atoms with E-state index in [9.17, 15) is 28.1 Å². The first-order valence-electron chi connectivity index (χ1n) is 15.2. The van der Waals surface area contributed by atoms with Crippen LogP contribution in [0.3, 0.4) is 0 Å². The SMILES string of the molecule is CCCNC(=O)[C@H](Cc1ccccc1)N(Cc1ccc(Cl)cc1)C(=O)CN(c1ccc(OC)cc1)S(=O)(=O)c1ccc(C)c([N+](=O)[O-])c1. The predicted octanol–water partition coefficient (Wildman–Crippen LogP) is 5.93. The van der Waals surface area contributed by atoms with E-state index in [1.807, 2.05) is 37.3 Å². The Morgan fingerprint density at radius 2 is 1.62 bits per heavy atom. The van der Waals surface area contributed by atoms with Crippen LogP contribution in [0.2, 0.25) is 5.02 Å². The molecule has 0 bridgehead atoms. The van der Waals surface area contributed by atoms with Gasteiger partial charge < -0.3 is 15.0 Å². The smallest absolute Gasteiger partial charge is 0.273 e. The molecule has 4 aromatic rings. The quantitative estimate of drug-likeness (QED) is 0.120. The number of nitrogens with one attached hydrogen (secondary N) is 1. The number of nitro groups is 1. The van der Waals surface area contributed by atoms with Crippen molar-refractivity contribution in [1.82, 2.24) is 10.2 Å². The Morgan fingerprint density at radius 3 is 2.23 bits per heavy atom. The molecular formula is C35H37ClN4O7S. The lowest BCUT2D eigenvalue weighted by atomic mass is 10.0. The van der Waals surface area contributed by atoms with Gasteiger partial charge in [-0.05, 0) is 66.9 Å². The Labute approximate surface area is 285 Å². The van der Waals surface area contributed by atoms with E-state index in [0.29, 0.717) is 29.3 Å². The number of sulfonamides is 1. The first-order valence-corrected chi connectivity index (χ1v) is 17.0. The first kappa shape index (κ1) is 35.9. The summed E-state index contributed by atoms with van der Waals surface area (Å²) in [6.07, 6.45) is 0.830. The highest BCUT2D eigenvalue weighted by atomic mass is 35.5. The molecule has 0 fully saturated rings. The minimum Gasteiger partial charge on any atom is -0.497 e. The number of nitro benzene ring substituents is 1. The fraction of sp³-hybridized carbons (Fsp3) is 0.257. The highest BCUT2D eigenvalue weighted by molar-refractivity contribution is 7.92. The molecule has 0 unspecified atom stereocenters. The maximum absolute atomic E-state index is 14.5. The Kier molecular flexibility index (Phi) is 12.2. The van der Waals surface area contributed by atoms with Crippen LogP contribution in [0.25, 0.3) is 0 Å². The van der Waals surface area contributed by atoms with E-state index in [-0.39, 0.29) is 34.8 Å². The van der Waals surface area contributed by atoms with Crippen LogP contribution in [0.15, 0.2) is 102 Å². The van der Waals surface area contributed by atoms with Gasteiger partial charge >= 0.3 is 0 Å². The summed E-state index contributed by atoms with van der Waals surface area (Å²) in [5.41, 5.74) is 1.49. The average Bonchev–Trinajstić information content (AvgIpc) is 3.08. The number of methoxy groups -OCH3 is 1. The highest BCUT2D eigenvalue weighted by Gasteiger charge is 2.35. The van der Waals surface area contributed by atoms with E-state index < -0.39 is 39.3 Å². The van der Waals surface area contributed by atoms with Crippen LogP contribution in [-0.2, 0) is 32.6 Å². The normalized spacial score (nSPS) is 11.8. The fourth-order valence-corrected chi connectivity index (χ4v) is 6.62. The number of ether oxygens (including phenoxy) is 1. The molecule has 0 aliphatic carbocycles. The zero-order valence-electron chi connectivity index (χ0n) is 26.8. The summed E-state index contributed by atoms with van der Waals surface area (Å²) in [6, 6.07) is 24.6. The molecule has 48 heavy (non-hydrogen) atoms. The molecule has 13 heteroatoms. The summed E-state index contributed by atoms with van der Waals surface area (Å²) in [5.74, 6) is -0.608. The summed E-state index contributed by atoms with van der Waals surface area (Å²) in [7, 11) is -3.09. The monoisotopic (exact) mass is 692 g/mol. The summed E-state index contributed by atoms with van der Waals surface area (Å²) in [4.78, 5) is 40.3. The van der Waals surface area contributed by atoms with Crippen molar-refractivity contribution >= 4 is 44.8 Å². The lowest BCUT2D eigenvalue weighted by Crippen LogP contribution is -2.53. The molecule has 4 aromatic carbocycles. The minimum atomic E-state index is -4.55.